The van der Waals surface area contributed by atoms with Gasteiger partial charge in [0.25, 0.3) is 0 Å². The maximum atomic E-state index is 13.4. The quantitative estimate of drug-likeness (QED) is 0.590. The number of hydrogen-bond donors (Lipinski definition) is 0. The Kier molecular flexibility index (Phi) is 8.08. The van der Waals surface area contributed by atoms with Gasteiger partial charge in [-0.15, -0.1) is 23.5 Å². The van der Waals surface area contributed by atoms with E-state index in [1.165, 1.54) is 0 Å². The molecule has 2 fully saturated rings. The van der Waals surface area contributed by atoms with E-state index in [0.29, 0.717) is 19.6 Å². The van der Waals surface area contributed by atoms with E-state index in [9.17, 15) is 4.57 Å². The van der Waals surface area contributed by atoms with E-state index < -0.39 is 11.4 Å². The average Bonchev–Trinajstić information content (AvgIpc) is 2.55. The lowest BCUT2D eigenvalue weighted by Crippen LogP contribution is -2.32. The average molecular weight is 370 g/mol. The van der Waals surface area contributed by atoms with Crippen molar-refractivity contribution < 1.29 is 23.1 Å². The first kappa shape index (κ1) is 19.1. The van der Waals surface area contributed by atoms with Gasteiger partial charge in [0.2, 0.25) is 0 Å². The second-order valence-electron chi connectivity index (χ2n) is 5.16. The van der Waals surface area contributed by atoms with Crippen LogP contribution in [0.15, 0.2) is 0 Å². The third-order valence-corrected chi connectivity index (χ3v) is 10.9. The summed E-state index contributed by atoms with van der Waals surface area (Å²) in [4.78, 5) is 0. The Bertz CT molecular complexity index is 360. The first-order valence-electron chi connectivity index (χ1n) is 8.06. The predicted molar refractivity (Wildman–Crippen MR) is 92.7 cm³/mol. The Morgan fingerprint density at radius 3 is 2.23 bits per heavy atom. The topological polar surface area (TPSA) is 54.0 Å². The second kappa shape index (κ2) is 9.30. The van der Waals surface area contributed by atoms with Crippen LogP contribution in [0.4, 0.5) is 0 Å². The predicted octanol–water partition coefficient (Wildman–Crippen LogP) is 4.32. The number of ether oxygens (including phenoxy) is 2. The summed E-state index contributed by atoms with van der Waals surface area (Å²) in [5.41, 5.74) is 0. The smallest absolute Gasteiger partial charge is 0.353 e. The minimum absolute atomic E-state index is 0.189. The van der Waals surface area contributed by atoms with E-state index in [2.05, 4.69) is 0 Å². The summed E-state index contributed by atoms with van der Waals surface area (Å²) in [6.45, 7) is 6.02. The Hall–Kier alpha value is 0.770. The molecule has 2 saturated heterocycles. The third-order valence-electron chi connectivity index (χ3n) is 3.55. The van der Waals surface area contributed by atoms with Crippen LogP contribution in [0.2, 0.25) is 0 Å². The Labute approximate surface area is 142 Å². The summed E-state index contributed by atoms with van der Waals surface area (Å²) in [7, 11) is -3.18. The zero-order valence-corrected chi connectivity index (χ0v) is 16.0. The minimum atomic E-state index is -3.18. The Morgan fingerprint density at radius 1 is 1.09 bits per heavy atom. The molecule has 0 atom stereocenters. The van der Waals surface area contributed by atoms with Crippen LogP contribution in [-0.2, 0) is 23.1 Å². The van der Waals surface area contributed by atoms with Crippen LogP contribution in [0.25, 0.3) is 0 Å². The highest BCUT2D eigenvalue weighted by Gasteiger charge is 2.53. The molecule has 0 aliphatic carbocycles. The Morgan fingerprint density at radius 2 is 1.68 bits per heavy atom. The number of thioether (sulfide) groups is 2. The zero-order valence-electron chi connectivity index (χ0n) is 13.5. The molecule has 0 saturated carbocycles. The molecule has 0 N–H and O–H groups in total. The van der Waals surface area contributed by atoms with Crippen molar-refractivity contribution >= 4 is 31.1 Å². The molecule has 0 unspecified atom stereocenters. The molecule has 2 heterocycles. The van der Waals surface area contributed by atoms with E-state index in [-0.39, 0.29) is 6.29 Å². The SMILES string of the molecule is CCOP(=O)(OCC)C1(CCC2OCCCO2)SCCCS1. The lowest BCUT2D eigenvalue weighted by Gasteiger charge is -2.41. The van der Waals surface area contributed by atoms with E-state index in [0.717, 1.165) is 44.0 Å². The maximum absolute atomic E-state index is 13.4. The molecule has 8 heteroatoms. The molecule has 22 heavy (non-hydrogen) atoms. The summed E-state index contributed by atoms with van der Waals surface area (Å²) in [6.07, 6.45) is 3.33. The summed E-state index contributed by atoms with van der Waals surface area (Å²) in [5, 5.41) is 0. The minimum Gasteiger partial charge on any atom is -0.353 e. The largest absolute Gasteiger partial charge is 0.356 e. The lowest BCUT2D eigenvalue weighted by molar-refractivity contribution is -0.181. The molecule has 2 rings (SSSR count). The summed E-state index contributed by atoms with van der Waals surface area (Å²) in [6, 6.07) is 0. The summed E-state index contributed by atoms with van der Waals surface area (Å²) in [5.74, 6) is 1.98. The normalized spacial score (nSPS) is 23.5. The fraction of sp³-hybridized carbons (Fsp3) is 1.00. The van der Waals surface area contributed by atoms with Crippen molar-refractivity contribution in [1.29, 1.82) is 0 Å². The van der Waals surface area contributed by atoms with Gasteiger partial charge in [-0.3, -0.25) is 4.57 Å². The molecule has 5 nitrogen and oxygen atoms in total. The van der Waals surface area contributed by atoms with Crippen molar-refractivity contribution in [2.24, 2.45) is 0 Å². The zero-order chi connectivity index (χ0) is 15.9. The Balaban J connectivity index is 2.09. The monoisotopic (exact) mass is 370 g/mol. The molecule has 0 spiro atoms. The van der Waals surface area contributed by atoms with Crippen molar-refractivity contribution in [3.8, 4) is 0 Å². The first-order valence-corrected chi connectivity index (χ1v) is 11.6. The van der Waals surface area contributed by atoms with Gasteiger partial charge in [-0.1, -0.05) is 0 Å². The lowest BCUT2D eigenvalue weighted by atomic mass is 10.3. The van der Waals surface area contributed by atoms with Crippen molar-refractivity contribution in [2.45, 2.75) is 49.6 Å². The molecule has 2 aliphatic heterocycles. The van der Waals surface area contributed by atoms with Gasteiger partial charge in [0.1, 0.15) is 0 Å². The van der Waals surface area contributed by atoms with E-state index in [1.807, 2.05) is 13.8 Å². The fourth-order valence-electron chi connectivity index (χ4n) is 2.58. The van der Waals surface area contributed by atoms with Gasteiger partial charge in [-0.2, -0.15) is 0 Å². The molecule has 0 aromatic rings. The van der Waals surface area contributed by atoms with E-state index >= 15 is 0 Å². The standard InChI is InChI=1S/C14H27O5PS2/c1-3-18-20(15,19-4-2)14(21-11-6-12-22-14)8-7-13-16-9-5-10-17-13/h13H,3-12H2,1-2H3. The van der Waals surface area contributed by atoms with Crippen LogP contribution in [0, 0.1) is 0 Å². The van der Waals surface area contributed by atoms with Crippen LogP contribution in [0.1, 0.15) is 39.5 Å². The maximum Gasteiger partial charge on any atom is 0.356 e. The first-order chi connectivity index (χ1) is 10.7. The van der Waals surface area contributed by atoms with E-state index in [4.69, 9.17) is 18.5 Å². The van der Waals surface area contributed by atoms with Crippen LogP contribution < -0.4 is 0 Å². The van der Waals surface area contributed by atoms with Crippen molar-refractivity contribution in [1.82, 2.24) is 0 Å². The molecule has 2 aliphatic rings. The van der Waals surface area contributed by atoms with Gasteiger partial charge >= 0.3 is 7.60 Å². The van der Waals surface area contributed by atoms with Gasteiger partial charge in [-0.05, 0) is 44.6 Å². The molecule has 0 amide bonds. The van der Waals surface area contributed by atoms with E-state index in [1.54, 1.807) is 23.5 Å². The van der Waals surface area contributed by atoms with Crippen LogP contribution in [-0.4, -0.2) is 48.0 Å². The fourth-order valence-corrected chi connectivity index (χ4v) is 9.33. The van der Waals surface area contributed by atoms with Crippen molar-refractivity contribution in [3.05, 3.63) is 0 Å². The second-order valence-corrected chi connectivity index (χ2v) is 11.1. The van der Waals surface area contributed by atoms with Gasteiger partial charge in [0, 0.05) is 6.42 Å². The summed E-state index contributed by atoms with van der Waals surface area (Å²) < 4.78 is 35.5. The van der Waals surface area contributed by atoms with Gasteiger partial charge in [0.05, 0.1) is 26.4 Å². The highest BCUT2D eigenvalue weighted by Crippen LogP contribution is 2.72. The highest BCUT2D eigenvalue weighted by atomic mass is 32.2. The van der Waals surface area contributed by atoms with Gasteiger partial charge in [-0.25, -0.2) is 0 Å². The number of rotatable bonds is 8. The molecule has 0 bridgehead atoms. The van der Waals surface area contributed by atoms with Crippen LogP contribution in [0.3, 0.4) is 0 Å². The van der Waals surface area contributed by atoms with Crippen molar-refractivity contribution in [2.75, 3.05) is 37.9 Å². The highest BCUT2D eigenvalue weighted by molar-refractivity contribution is 8.25. The molecule has 0 radical (unpaired) electrons. The van der Waals surface area contributed by atoms with Crippen LogP contribution in [0.5, 0.6) is 0 Å². The van der Waals surface area contributed by atoms with Gasteiger partial charge < -0.3 is 18.5 Å². The number of hydrogen-bond acceptors (Lipinski definition) is 7. The summed E-state index contributed by atoms with van der Waals surface area (Å²) >= 11 is 3.45. The third kappa shape index (κ3) is 4.65. The molecular weight excluding hydrogens is 343 g/mol. The molecule has 130 valence electrons. The molecule has 0 aromatic carbocycles. The van der Waals surface area contributed by atoms with Crippen LogP contribution >= 0.6 is 31.1 Å². The molecular formula is C14H27O5PS2. The van der Waals surface area contributed by atoms with Crippen molar-refractivity contribution in [3.63, 3.8) is 0 Å². The molecule has 0 aromatic heterocycles. The van der Waals surface area contributed by atoms with Gasteiger partial charge in [0.15, 0.2) is 10.1 Å².